The van der Waals surface area contributed by atoms with E-state index in [2.05, 4.69) is 21.5 Å². The van der Waals surface area contributed by atoms with Gasteiger partial charge in [0.15, 0.2) is 5.69 Å². The summed E-state index contributed by atoms with van der Waals surface area (Å²) >= 11 is 10.3. The lowest BCUT2D eigenvalue weighted by Gasteiger charge is -2.07. The van der Waals surface area contributed by atoms with Gasteiger partial charge in [-0.1, -0.05) is 29.8 Å². The van der Waals surface area contributed by atoms with Crippen LogP contribution in [0.15, 0.2) is 41.8 Å². The second kappa shape index (κ2) is 8.80. The zero-order chi connectivity index (χ0) is 23.0. The molecule has 0 bridgehead atoms. The van der Waals surface area contributed by atoms with Gasteiger partial charge in [0.25, 0.3) is 0 Å². The second-order valence-corrected chi connectivity index (χ2v) is 10.9. The number of nitrogens with one attached hydrogen (secondary N) is 1. The van der Waals surface area contributed by atoms with E-state index >= 15 is 0 Å². The summed E-state index contributed by atoms with van der Waals surface area (Å²) in [4.78, 5) is 25.5. The zero-order valence-corrected chi connectivity index (χ0v) is 20.1. The summed E-state index contributed by atoms with van der Waals surface area (Å²) < 4.78 is 10.6. The van der Waals surface area contributed by atoms with Crippen LogP contribution in [-0.4, -0.2) is 21.5 Å². The van der Waals surface area contributed by atoms with Crippen molar-refractivity contribution in [2.45, 2.75) is 24.9 Å². The van der Waals surface area contributed by atoms with Gasteiger partial charge in [0.1, 0.15) is 12.0 Å². The average Bonchev–Trinajstić information content (AvgIpc) is 3.11. The predicted molar refractivity (Wildman–Crippen MR) is 132 cm³/mol. The Labute approximate surface area is 206 Å². The summed E-state index contributed by atoms with van der Waals surface area (Å²) in [6.45, 7) is 0.0567. The number of hydrogen-bond acceptors (Lipinski definition) is 7. The van der Waals surface area contributed by atoms with E-state index in [4.69, 9.17) is 16.3 Å². The number of carbonyl (C=O) groups is 2. The van der Waals surface area contributed by atoms with E-state index in [0.29, 0.717) is 29.2 Å². The van der Waals surface area contributed by atoms with Crippen molar-refractivity contribution in [2.75, 3.05) is 5.32 Å². The van der Waals surface area contributed by atoms with Crippen LogP contribution < -0.4 is 5.32 Å². The van der Waals surface area contributed by atoms with Gasteiger partial charge in [0.2, 0.25) is 0 Å². The summed E-state index contributed by atoms with van der Waals surface area (Å²) in [5, 5.41) is 15.4. The monoisotopic (exact) mass is 514 g/mol. The molecule has 5 rings (SSSR count). The molecule has 0 unspecified atom stereocenters. The van der Waals surface area contributed by atoms with Crippen LogP contribution in [0.3, 0.4) is 0 Å². The molecule has 3 aromatic heterocycles. The Morgan fingerprint density at radius 2 is 2.03 bits per heavy atom. The number of aromatic nitrogens is 1. The summed E-state index contributed by atoms with van der Waals surface area (Å²) in [7, 11) is 0. The van der Waals surface area contributed by atoms with Gasteiger partial charge in [-0.25, -0.2) is 4.79 Å². The highest BCUT2D eigenvalue weighted by Crippen LogP contribution is 2.52. The third-order valence-corrected chi connectivity index (χ3v) is 8.78. The summed E-state index contributed by atoms with van der Waals surface area (Å²) in [6, 6.07) is 11.1. The SMILES string of the molecule is O=C(Nc1csnc1C#Cc1cc2cc(C3(C(=O)O)CC3)sc2s1)OCc1ccccc1Cl. The molecule has 1 fully saturated rings. The Kier molecular flexibility index (Phi) is 5.85. The maximum absolute atomic E-state index is 12.2. The van der Waals surface area contributed by atoms with Crippen LogP contribution in [-0.2, 0) is 21.6 Å². The highest BCUT2D eigenvalue weighted by atomic mass is 35.5. The van der Waals surface area contributed by atoms with Crippen molar-refractivity contribution in [3.05, 3.63) is 67.8 Å². The first-order chi connectivity index (χ1) is 15.9. The maximum Gasteiger partial charge on any atom is 0.412 e. The van der Waals surface area contributed by atoms with Crippen molar-refractivity contribution < 1.29 is 19.4 Å². The minimum atomic E-state index is -0.745. The normalized spacial score (nSPS) is 13.8. The third kappa shape index (κ3) is 4.48. The molecule has 10 heteroatoms. The number of carbonyl (C=O) groups excluding carboxylic acids is 1. The standard InChI is InChI=1S/C23H15ClN2O4S3/c24-16-4-2-1-3-13(16)11-30-22(29)25-18-12-31-26-17(18)6-5-15-9-14-10-19(33-20(14)32-15)23(7-8-23)21(27)28/h1-4,9-10,12H,7-8,11H2,(H,25,29)(H,27,28). The van der Waals surface area contributed by atoms with Gasteiger partial charge in [0, 0.05) is 26.2 Å². The van der Waals surface area contributed by atoms with Gasteiger partial charge in [-0.3, -0.25) is 10.1 Å². The molecule has 166 valence electrons. The first-order valence-corrected chi connectivity index (χ1v) is 12.7. The molecular formula is C23H15ClN2O4S3. The molecule has 0 spiro atoms. The number of thiophene rings is 2. The number of nitrogens with zero attached hydrogens (tertiary/aromatic N) is 1. The highest BCUT2D eigenvalue weighted by Gasteiger charge is 2.53. The lowest BCUT2D eigenvalue weighted by Crippen LogP contribution is -2.17. The summed E-state index contributed by atoms with van der Waals surface area (Å²) in [6.07, 6.45) is 0.779. The Bertz CT molecular complexity index is 1410. The molecule has 0 aliphatic heterocycles. The van der Waals surface area contributed by atoms with E-state index in [0.717, 1.165) is 24.7 Å². The molecular weight excluding hydrogens is 500 g/mol. The molecule has 1 aromatic carbocycles. The van der Waals surface area contributed by atoms with E-state index in [-0.39, 0.29) is 6.61 Å². The van der Waals surface area contributed by atoms with Gasteiger partial charge in [-0.15, -0.1) is 22.7 Å². The molecule has 0 radical (unpaired) electrons. The van der Waals surface area contributed by atoms with Gasteiger partial charge in [-0.2, -0.15) is 4.37 Å². The van der Waals surface area contributed by atoms with E-state index in [1.165, 1.54) is 34.2 Å². The number of carboxylic acid groups (broad SMARTS) is 1. The van der Waals surface area contributed by atoms with Gasteiger partial charge >= 0.3 is 12.1 Å². The number of carboxylic acids is 1. The van der Waals surface area contributed by atoms with Crippen LogP contribution in [0.4, 0.5) is 10.5 Å². The van der Waals surface area contributed by atoms with Crippen LogP contribution in [0, 0.1) is 11.8 Å². The van der Waals surface area contributed by atoms with E-state index in [1.54, 1.807) is 17.5 Å². The summed E-state index contributed by atoms with van der Waals surface area (Å²) in [5.41, 5.74) is 0.968. The first kappa shape index (κ1) is 21.9. The zero-order valence-electron chi connectivity index (χ0n) is 16.9. The van der Waals surface area contributed by atoms with Crippen molar-refractivity contribution in [3.8, 4) is 11.8 Å². The van der Waals surface area contributed by atoms with E-state index < -0.39 is 17.5 Å². The first-order valence-electron chi connectivity index (χ1n) is 9.85. The number of hydrogen-bond donors (Lipinski definition) is 2. The number of benzene rings is 1. The van der Waals surface area contributed by atoms with Crippen molar-refractivity contribution >= 4 is 73.0 Å². The van der Waals surface area contributed by atoms with Gasteiger partial charge < -0.3 is 9.84 Å². The lowest BCUT2D eigenvalue weighted by atomic mass is 10.1. The molecule has 0 saturated heterocycles. The molecule has 2 N–H and O–H groups in total. The van der Waals surface area contributed by atoms with Crippen molar-refractivity contribution in [1.29, 1.82) is 0 Å². The molecule has 1 aliphatic rings. The smallest absolute Gasteiger partial charge is 0.412 e. The number of amides is 1. The topological polar surface area (TPSA) is 88.5 Å². The molecule has 1 saturated carbocycles. The molecule has 3 heterocycles. The minimum Gasteiger partial charge on any atom is -0.481 e. The van der Waals surface area contributed by atoms with Crippen LogP contribution in [0.2, 0.25) is 5.02 Å². The Balaban J connectivity index is 1.26. The van der Waals surface area contributed by atoms with E-state index in [9.17, 15) is 14.7 Å². The van der Waals surface area contributed by atoms with E-state index in [1.807, 2.05) is 24.3 Å². The number of rotatable bonds is 5. The fraction of sp³-hybridized carbons (Fsp3) is 0.174. The third-order valence-electron chi connectivity index (χ3n) is 5.27. The van der Waals surface area contributed by atoms with Crippen molar-refractivity contribution in [1.82, 2.24) is 4.37 Å². The van der Waals surface area contributed by atoms with Crippen LogP contribution in [0.5, 0.6) is 0 Å². The van der Waals surface area contributed by atoms with Gasteiger partial charge in [0.05, 0.1) is 14.6 Å². The van der Waals surface area contributed by atoms with Crippen LogP contribution in [0.1, 0.15) is 33.9 Å². The molecule has 4 aromatic rings. The minimum absolute atomic E-state index is 0.0567. The van der Waals surface area contributed by atoms with Crippen LogP contribution >= 0.6 is 45.8 Å². The quantitative estimate of drug-likeness (QED) is 0.303. The number of ether oxygens (including phenoxy) is 1. The van der Waals surface area contributed by atoms with Gasteiger partial charge in [-0.05, 0) is 54.4 Å². The molecule has 6 nitrogen and oxygen atoms in total. The highest BCUT2D eigenvalue weighted by molar-refractivity contribution is 7.38. The Morgan fingerprint density at radius 1 is 1.21 bits per heavy atom. The maximum atomic E-state index is 12.2. The Morgan fingerprint density at radius 3 is 2.76 bits per heavy atom. The molecule has 33 heavy (non-hydrogen) atoms. The number of aliphatic carboxylic acids is 1. The summed E-state index contributed by atoms with van der Waals surface area (Å²) in [5.74, 6) is 5.35. The van der Waals surface area contributed by atoms with Crippen molar-refractivity contribution in [2.24, 2.45) is 0 Å². The van der Waals surface area contributed by atoms with Crippen LogP contribution in [0.25, 0.3) is 9.40 Å². The number of halogens is 1. The largest absolute Gasteiger partial charge is 0.481 e. The predicted octanol–water partition coefficient (Wildman–Crippen LogP) is 6.34. The molecule has 1 aliphatic carbocycles. The molecule has 0 atom stereocenters. The number of anilines is 1. The fourth-order valence-corrected chi connectivity index (χ4v) is 6.57. The average molecular weight is 515 g/mol. The fourth-order valence-electron chi connectivity index (χ4n) is 3.27. The number of fused-ring (bicyclic) bond motifs is 1. The second-order valence-electron chi connectivity index (χ2n) is 7.47. The lowest BCUT2D eigenvalue weighted by molar-refractivity contribution is -0.139. The molecule has 1 amide bonds. The van der Waals surface area contributed by atoms with Crippen molar-refractivity contribution in [3.63, 3.8) is 0 Å². The Hall–Kier alpha value is -2.90.